The molecule has 1 aliphatic heterocycles. The molecule has 0 saturated heterocycles. The van der Waals surface area contributed by atoms with Gasteiger partial charge in [0.15, 0.2) is 11.5 Å². The molecule has 2 heterocycles. The zero-order valence-corrected chi connectivity index (χ0v) is 16.3. The predicted octanol–water partition coefficient (Wildman–Crippen LogP) is 2.19. The van der Waals surface area contributed by atoms with E-state index in [1.807, 2.05) is 30.2 Å². The minimum absolute atomic E-state index is 0.205. The van der Waals surface area contributed by atoms with Gasteiger partial charge in [0, 0.05) is 37.3 Å². The highest BCUT2D eigenvalue weighted by molar-refractivity contribution is 5.76. The third-order valence-corrected chi connectivity index (χ3v) is 5.06. The molecule has 27 heavy (non-hydrogen) atoms. The highest BCUT2D eigenvalue weighted by Crippen LogP contribution is 2.33. The Bertz CT molecular complexity index is 788. The van der Waals surface area contributed by atoms with E-state index in [2.05, 4.69) is 15.5 Å². The topological polar surface area (TPSA) is 79.5 Å². The first-order valence-electron chi connectivity index (χ1n) is 9.33. The molecular formula is C20H28N4O3. The van der Waals surface area contributed by atoms with Crippen LogP contribution in [0.4, 0.5) is 0 Å². The van der Waals surface area contributed by atoms with Crippen molar-refractivity contribution in [1.82, 2.24) is 20.4 Å². The lowest BCUT2D eigenvalue weighted by atomic mass is 9.98. The molecule has 0 atom stereocenters. The number of hydrogen-bond donors (Lipinski definition) is 2. The number of aromatic amines is 1. The van der Waals surface area contributed by atoms with E-state index in [1.54, 1.807) is 14.2 Å². The van der Waals surface area contributed by atoms with Crippen molar-refractivity contribution in [3.63, 3.8) is 0 Å². The van der Waals surface area contributed by atoms with Crippen LogP contribution in [0.5, 0.6) is 11.5 Å². The third-order valence-electron chi connectivity index (χ3n) is 5.06. The molecule has 2 N–H and O–H groups in total. The summed E-state index contributed by atoms with van der Waals surface area (Å²) in [7, 11) is 3.28. The second-order valence-corrected chi connectivity index (χ2v) is 6.84. The molecule has 0 radical (unpaired) electrons. The molecular weight excluding hydrogens is 344 g/mol. The average Bonchev–Trinajstić information content (AvgIpc) is 3.10. The Morgan fingerprint density at radius 2 is 2.00 bits per heavy atom. The Kier molecular flexibility index (Phi) is 6.34. The second-order valence-electron chi connectivity index (χ2n) is 6.84. The van der Waals surface area contributed by atoms with Crippen LogP contribution in [0.3, 0.4) is 0 Å². The fraction of sp³-hybridized carbons (Fsp3) is 0.500. The lowest BCUT2D eigenvalue weighted by molar-refractivity contribution is -0.132. The Labute approximate surface area is 160 Å². The molecule has 1 amide bonds. The van der Waals surface area contributed by atoms with Gasteiger partial charge in [-0.15, -0.1) is 0 Å². The van der Waals surface area contributed by atoms with Crippen LogP contribution in [-0.2, 0) is 24.3 Å². The standard InChI is InChI=1S/C20H28N4O3/c1-14-17(12-22-23-14)11-21-7-4-5-20(25)24-8-6-15-9-18(26-2)19(27-3)10-16(15)13-24/h9-10,12,21H,4-8,11,13H2,1-3H3,(H,22,23). The van der Waals surface area contributed by atoms with E-state index < -0.39 is 0 Å². The Balaban J connectivity index is 1.47. The third kappa shape index (κ3) is 4.60. The molecule has 0 bridgehead atoms. The fourth-order valence-corrected chi connectivity index (χ4v) is 3.40. The Morgan fingerprint density at radius 3 is 2.67 bits per heavy atom. The van der Waals surface area contributed by atoms with Crippen LogP contribution in [0.15, 0.2) is 18.3 Å². The number of aromatic nitrogens is 2. The first kappa shape index (κ1) is 19.2. The van der Waals surface area contributed by atoms with Crippen LogP contribution in [-0.4, -0.2) is 48.3 Å². The van der Waals surface area contributed by atoms with Gasteiger partial charge in [0.25, 0.3) is 0 Å². The Morgan fingerprint density at radius 1 is 1.26 bits per heavy atom. The lowest BCUT2D eigenvalue weighted by Gasteiger charge is -2.29. The van der Waals surface area contributed by atoms with Gasteiger partial charge in [-0.1, -0.05) is 0 Å². The predicted molar refractivity (Wildman–Crippen MR) is 103 cm³/mol. The molecule has 146 valence electrons. The molecule has 7 nitrogen and oxygen atoms in total. The summed E-state index contributed by atoms with van der Waals surface area (Å²) in [6.45, 7) is 4.98. The van der Waals surface area contributed by atoms with Crippen molar-refractivity contribution in [1.29, 1.82) is 0 Å². The second kappa shape index (κ2) is 8.90. The number of hydrogen-bond acceptors (Lipinski definition) is 5. The van der Waals surface area contributed by atoms with Crippen molar-refractivity contribution in [3.8, 4) is 11.5 Å². The maximum absolute atomic E-state index is 12.6. The summed E-state index contributed by atoms with van der Waals surface area (Å²) in [5.74, 6) is 1.66. The summed E-state index contributed by atoms with van der Waals surface area (Å²) in [6, 6.07) is 4.01. The largest absolute Gasteiger partial charge is 0.493 e. The number of rotatable bonds is 8. The fourth-order valence-electron chi connectivity index (χ4n) is 3.40. The van der Waals surface area contributed by atoms with Crippen molar-refractivity contribution in [2.45, 2.75) is 39.3 Å². The summed E-state index contributed by atoms with van der Waals surface area (Å²) in [4.78, 5) is 14.5. The van der Waals surface area contributed by atoms with E-state index in [1.165, 1.54) is 11.1 Å². The zero-order valence-electron chi connectivity index (χ0n) is 16.3. The van der Waals surface area contributed by atoms with Gasteiger partial charge in [-0.2, -0.15) is 5.10 Å². The number of amides is 1. The van der Waals surface area contributed by atoms with Crippen LogP contribution >= 0.6 is 0 Å². The quantitative estimate of drug-likeness (QED) is 0.695. The Hall–Kier alpha value is -2.54. The zero-order chi connectivity index (χ0) is 19.2. The summed E-state index contributed by atoms with van der Waals surface area (Å²) < 4.78 is 10.8. The van der Waals surface area contributed by atoms with E-state index in [-0.39, 0.29) is 5.91 Å². The molecule has 1 aromatic heterocycles. The van der Waals surface area contributed by atoms with Crippen molar-refractivity contribution >= 4 is 5.91 Å². The number of nitrogens with one attached hydrogen (secondary N) is 2. The first-order chi connectivity index (χ1) is 13.1. The van der Waals surface area contributed by atoms with Crippen molar-refractivity contribution < 1.29 is 14.3 Å². The normalized spacial score (nSPS) is 13.4. The van der Waals surface area contributed by atoms with E-state index in [4.69, 9.17) is 9.47 Å². The SMILES string of the molecule is COc1cc2c(cc1OC)CN(C(=O)CCCNCc1cn[nH]c1C)CC2. The first-order valence-corrected chi connectivity index (χ1v) is 9.33. The van der Waals surface area contributed by atoms with Crippen LogP contribution in [0, 0.1) is 6.92 Å². The van der Waals surface area contributed by atoms with Gasteiger partial charge < -0.3 is 19.7 Å². The van der Waals surface area contributed by atoms with Gasteiger partial charge in [-0.25, -0.2) is 0 Å². The van der Waals surface area contributed by atoms with E-state index >= 15 is 0 Å². The van der Waals surface area contributed by atoms with Gasteiger partial charge in [0.05, 0.1) is 20.4 Å². The molecule has 1 aliphatic rings. The number of ether oxygens (including phenoxy) is 2. The number of H-pyrrole nitrogens is 1. The van der Waals surface area contributed by atoms with E-state index in [0.717, 1.165) is 49.5 Å². The summed E-state index contributed by atoms with van der Waals surface area (Å²) in [6.07, 6.45) is 4.06. The molecule has 0 saturated carbocycles. The number of carbonyl (C=O) groups is 1. The van der Waals surface area contributed by atoms with E-state index in [9.17, 15) is 4.79 Å². The molecule has 0 aliphatic carbocycles. The summed E-state index contributed by atoms with van der Waals surface area (Å²) in [5.41, 5.74) is 4.62. The highest BCUT2D eigenvalue weighted by atomic mass is 16.5. The van der Waals surface area contributed by atoms with Gasteiger partial charge in [0.2, 0.25) is 5.91 Å². The maximum Gasteiger partial charge on any atom is 0.222 e. The summed E-state index contributed by atoms with van der Waals surface area (Å²) in [5, 5.41) is 10.3. The monoisotopic (exact) mass is 372 g/mol. The minimum atomic E-state index is 0.205. The van der Waals surface area contributed by atoms with Crippen molar-refractivity contribution in [2.24, 2.45) is 0 Å². The number of carbonyl (C=O) groups excluding carboxylic acids is 1. The van der Waals surface area contributed by atoms with E-state index in [0.29, 0.717) is 18.7 Å². The van der Waals surface area contributed by atoms with Crippen LogP contribution in [0.2, 0.25) is 0 Å². The van der Waals surface area contributed by atoms with Gasteiger partial charge in [0.1, 0.15) is 0 Å². The van der Waals surface area contributed by atoms with Crippen LogP contribution in [0.25, 0.3) is 0 Å². The average molecular weight is 372 g/mol. The molecule has 0 fully saturated rings. The molecule has 2 aromatic rings. The van der Waals surface area contributed by atoms with Gasteiger partial charge in [-0.3, -0.25) is 9.89 Å². The molecule has 7 heteroatoms. The molecule has 0 spiro atoms. The molecule has 3 rings (SSSR count). The number of aryl methyl sites for hydroxylation is 1. The molecule has 1 aromatic carbocycles. The smallest absolute Gasteiger partial charge is 0.222 e. The maximum atomic E-state index is 12.6. The van der Waals surface area contributed by atoms with Crippen molar-refractivity contribution in [2.75, 3.05) is 27.3 Å². The highest BCUT2D eigenvalue weighted by Gasteiger charge is 2.22. The van der Waals surface area contributed by atoms with Gasteiger partial charge >= 0.3 is 0 Å². The minimum Gasteiger partial charge on any atom is -0.493 e. The molecule has 0 unspecified atom stereocenters. The van der Waals surface area contributed by atoms with Crippen LogP contribution < -0.4 is 14.8 Å². The number of benzene rings is 1. The van der Waals surface area contributed by atoms with Gasteiger partial charge in [-0.05, 0) is 49.6 Å². The number of nitrogens with zero attached hydrogens (tertiary/aromatic N) is 2. The summed E-state index contributed by atoms with van der Waals surface area (Å²) >= 11 is 0. The van der Waals surface area contributed by atoms with Crippen LogP contribution in [0.1, 0.15) is 35.2 Å². The lowest BCUT2D eigenvalue weighted by Crippen LogP contribution is -2.36. The number of methoxy groups -OCH3 is 2. The van der Waals surface area contributed by atoms with Crippen molar-refractivity contribution in [3.05, 3.63) is 40.7 Å². The number of fused-ring (bicyclic) bond motifs is 1.